The summed E-state index contributed by atoms with van der Waals surface area (Å²) >= 11 is 0. The number of methoxy groups -OCH3 is 1. The van der Waals surface area contributed by atoms with E-state index in [1.54, 1.807) is 7.11 Å². The molecule has 0 amide bonds. The van der Waals surface area contributed by atoms with Gasteiger partial charge in [-0.1, -0.05) is 12.1 Å². The molecule has 0 aliphatic heterocycles. The van der Waals surface area contributed by atoms with Crippen molar-refractivity contribution in [3.63, 3.8) is 0 Å². The Bertz CT molecular complexity index is 558. The second kappa shape index (κ2) is 4.41. The normalized spacial score (nSPS) is 10.3. The zero-order valence-electron chi connectivity index (χ0n) is 9.98. The van der Waals surface area contributed by atoms with Gasteiger partial charge in [0, 0.05) is 12.5 Å². The molecule has 0 aliphatic carbocycles. The molecule has 88 valence electrons. The van der Waals surface area contributed by atoms with Crippen molar-refractivity contribution in [2.45, 2.75) is 13.8 Å². The Balaban J connectivity index is 2.64. The molecule has 4 nitrogen and oxygen atoms in total. The van der Waals surface area contributed by atoms with Crippen LogP contribution < -0.4 is 4.74 Å². The van der Waals surface area contributed by atoms with E-state index in [1.807, 2.05) is 25.1 Å². The maximum absolute atomic E-state index is 11.4. The quantitative estimate of drug-likeness (QED) is 0.762. The zero-order chi connectivity index (χ0) is 12.4. The van der Waals surface area contributed by atoms with Gasteiger partial charge < -0.3 is 9.15 Å². The SMILES string of the molecule is COc1c(C)cccc1-c1ncoc1C(C)=O. The van der Waals surface area contributed by atoms with Crippen molar-refractivity contribution in [1.82, 2.24) is 4.98 Å². The second-order valence-corrected chi connectivity index (χ2v) is 3.74. The van der Waals surface area contributed by atoms with Crippen molar-refractivity contribution in [2.24, 2.45) is 0 Å². The summed E-state index contributed by atoms with van der Waals surface area (Å²) in [6.07, 6.45) is 1.27. The van der Waals surface area contributed by atoms with Crippen LogP contribution in [0.5, 0.6) is 5.75 Å². The van der Waals surface area contributed by atoms with Crippen molar-refractivity contribution >= 4 is 5.78 Å². The number of oxazole rings is 1. The number of ketones is 1. The first kappa shape index (κ1) is 11.4. The molecule has 0 saturated heterocycles. The molecule has 0 N–H and O–H groups in total. The topological polar surface area (TPSA) is 52.3 Å². The number of benzene rings is 1. The summed E-state index contributed by atoms with van der Waals surface area (Å²) in [4.78, 5) is 15.5. The standard InChI is InChI=1S/C13H13NO3/c1-8-5-4-6-10(12(8)16-3)11-13(9(2)15)17-7-14-11/h4-7H,1-3H3. The van der Waals surface area contributed by atoms with Crippen LogP contribution in [0.1, 0.15) is 23.0 Å². The summed E-state index contributed by atoms with van der Waals surface area (Å²) in [7, 11) is 1.60. The van der Waals surface area contributed by atoms with Crippen LogP contribution in [0.4, 0.5) is 0 Å². The molecule has 1 heterocycles. The van der Waals surface area contributed by atoms with Crippen LogP contribution in [0.2, 0.25) is 0 Å². The number of nitrogens with zero attached hydrogens (tertiary/aromatic N) is 1. The van der Waals surface area contributed by atoms with Crippen molar-refractivity contribution in [3.8, 4) is 17.0 Å². The Kier molecular flexibility index (Phi) is 2.95. The van der Waals surface area contributed by atoms with E-state index < -0.39 is 0 Å². The van der Waals surface area contributed by atoms with E-state index in [4.69, 9.17) is 9.15 Å². The molecule has 0 atom stereocenters. The average molecular weight is 231 g/mol. The van der Waals surface area contributed by atoms with Gasteiger partial charge in [-0.2, -0.15) is 0 Å². The maximum atomic E-state index is 11.4. The minimum absolute atomic E-state index is 0.152. The van der Waals surface area contributed by atoms with E-state index in [0.29, 0.717) is 11.4 Å². The predicted octanol–water partition coefficient (Wildman–Crippen LogP) is 2.86. The number of rotatable bonds is 3. The van der Waals surface area contributed by atoms with Crippen LogP contribution in [0, 0.1) is 6.92 Å². The molecule has 17 heavy (non-hydrogen) atoms. The fourth-order valence-electron chi connectivity index (χ4n) is 1.80. The van der Waals surface area contributed by atoms with Gasteiger partial charge in [-0.3, -0.25) is 4.79 Å². The molecule has 0 radical (unpaired) electrons. The average Bonchev–Trinajstić information content (AvgIpc) is 2.77. The van der Waals surface area contributed by atoms with Gasteiger partial charge in [0.25, 0.3) is 0 Å². The monoisotopic (exact) mass is 231 g/mol. The molecule has 0 bridgehead atoms. The lowest BCUT2D eigenvalue weighted by Gasteiger charge is -2.09. The van der Waals surface area contributed by atoms with Gasteiger partial charge in [-0.25, -0.2) is 4.98 Å². The lowest BCUT2D eigenvalue weighted by molar-refractivity contribution is 0.0988. The first-order valence-corrected chi connectivity index (χ1v) is 5.23. The van der Waals surface area contributed by atoms with Crippen molar-refractivity contribution in [3.05, 3.63) is 35.9 Å². The van der Waals surface area contributed by atoms with Gasteiger partial charge >= 0.3 is 0 Å². The maximum Gasteiger partial charge on any atom is 0.197 e. The van der Waals surface area contributed by atoms with Crippen LogP contribution in [0.25, 0.3) is 11.3 Å². The number of aromatic nitrogens is 1. The minimum atomic E-state index is -0.152. The Morgan fingerprint density at radius 1 is 1.41 bits per heavy atom. The largest absolute Gasteiger partial charge is 0.496 e. The lowest BCUT2D eigenvalue weighted by Crippen LogP contribution is -1.96. The molecule has 4 heteroatoms. The number of hydrogen-bond donors (Lipinski definition) is 0. The summed E-state index contributed by atoms with van der Waals surface area (Å²) in [6.45, 7) is 3.39. The van der Waals surface area contributed by atoms with E-state index in [-0.39, 0.29) is 11.5 Å². The van der Waals surface area contributed by atoms with Crippen LogP contribution in [-0.4, -0.2) is 17.9 Å². The van der Waals surface area contributed by atoms with Crippen LogP contribution in [0.3, 0.4) is 0 Å². The summed E-state index contributed by atoms with van der Waals surface area (Å²) in [5, 5.41) is 0. The number of Topliss-reactive ketones (excluding diaryl/α,β-unsaturated/α-hetero) is 1. The first-order chi connectivity index (χ1) is 8.15. The highest BCUT2D eigenvalue weighted by atomic mass is 16.5. The van der Waals surface area contributed by atoms with E-state index in [9.17, 15) is 4.79 Å². The third kappa shape index (κ3) is 1.93. The Labute approximate surface area is 99.2 Å². The minimum Gasteiger partial charge on any atom is -0.496 e. The number of hydrogen-bond acceptors (Lipinski definition) is 4. The number of aryl methyl sites for hydroxylation is 1. The van der Waals surface area contributed by atoms with E-state index >= 15 is 0 Å². The summed E-state index contributed by atoms with van der Waals surface area (Å²) in [5.74, 6) is 0.818. The molecule has 0 saturated carbocycles. The third-order valence-corrected chi connectivity index (χ3v) is 2.56. The summed E-state index contributed by atoms with van der Waals surface area (Å²) in [5.41, 5.74) is 2.28. The smallest absolute Gasteiger partial charge is 0.197 e. The number of para-hydroxylation sites is 1. The Morgan fingerprint density at radius 2 is 2.18 bits per heavy atom. The predicted molar refractivity (Wildman–Crippen MR) is 63.2 cm³/mol. The van der Waals surface area contributed by atoms with Crippen LogP contribution in [0.15, 0.2) is 29.0 Å². The second-order valence-electron chi connectivity index (χ2n) is 3.74. The molecule has 0 aliphatic rings. The van der Waals surface area contributed by atoms with Gasteiger partial charge in [-0.15, -0.1) is 0 Å². The Morgan fingerprint density at radius 3 is 2.82 bits per heavy atom. The van der Waals surface area contributed by atoms with Crippen molar-refractivity contribution < 1.29 is 13.9 Å². The van der Waals surface area contributed by atoms with Gasteiger partial charge in [0.05, 0.1) is 7.11 Å². The lowest BCUT2D eigenvalue weighted by atomic mass is 10.0. The van der Waals surface area contributed by atoms with Gasteiger partial charge in [0.2, 0.25) is 0 Å². The van der Waals surface area contributed by atoms with Gasteiger partial charge in [0.15, 0.2) is 17.9 Å². The summed E-state index contributed by atoms with van der Waals surface area (Å²) in [6, 6.07) is 5.69. The van der Waals surface area contributed by atoms with Crippen LogP contribution in [-0.2, 0) is 0 Å². The molecule has 2 aromatic rings. The van der Waals surface area contributed by atoms with Crippen LogP contribution >= 0.6 is 0 Å². The Hall–Kier alpha value is -2.10. The van der Waals surface area contributed by atoms with E-state index in [1.165, 1.54) is 13.3 Å². The number of carbonyl (C=O) groups is 1. The molecular weight excluding hydrogens is 218 g/mol. The van der Waals surface area contributed by atoms with Crippen molar-refractivity contribution in [1.29, 1.82) is 0 Å². The fraction of sp³-hybridized carbons (Fsp3) is 0.231. The highest BCUT2D eigenvalue weighted by molar-refractivity contribution is 5.97. The molecule has 0 spiro atoms. The summed E-state index contributed by atoms with van der Waals surface area (Å²) < 4.78 is 10.4. The number of ether oxygens (including phenoxy) is 1. The molecule has 0 fully saturated rings. The van der Waals surface area contributed by atoms with Crippen molar-refractivity contribution in [2.75, 3.05) is 7.11 Å². The third-order valence-electron chi connectivity index (χ3n) is 2.56. The zero-order valence-corrected chi connectivity index (χ0v) is 9.98. The fourth-order valence-corrected chi connectivity index (χ4v) is 1.80. The highest BCUT2D eigenvalue weighted by Gasteiger charge is 2.18. The van der Waals surface area contributed by atoms with E-state index in [0.717, 1.165) is 11.1 Å². The molecule has 0 unspecified atom stereocenters. The van der Waals surface area contributed by atoms with Gasteiger partial charge in [-0.05, 0) is 18.6 Å². The molecule has 2 rings (SSSR count). The molecule has 1 aromatic carbocycles. The highest BCUT2D eigenvalue weighted by Crippen LogP contribution is 2.33. The molecule has 1 aromatic heterocycles. The first-order valence-electron chi connectivity index (χ1n) is 5.23. The molecular formula is C13H13NO3. The number of carbonyl (C=O) groups excluding carboxylic acids is 1. The van der Waals surface area contributed by atoms with Gasteiger partial charge in [0.1, 0.15) is 11.4 Å². The van der Waals surface area contributed by atoms with E-state index in [2.05, 4.69) is 4.98 Å².